The molecule has 3 amide bonds. The molecular formula is C30H39N5O6. The summed E-state index contributed by atoms with van der Waals surface area (Å²) in [4.78, 5) is 54.7. The van der Waals surface area contributed by atoms with Gasteiger partial charge in [-0.05, 0) is 30.0 Å². The second kappa shape index (κ2) is 14.4. The van der Waals surface area contributed by atoms with Crippen molar-refractivity contribution in [1.82, 2.24) is 20.9 Å². The minimum Gasteiger partial charge on any atom is -0.480 e. The number of aliphatic hydroxyl groups excluding tert-OH is 1. The molecule has 0 saturated carbocycles. The highest BCUT2D eigenvalue weighted by Gasteiger charge is 2.33. The lowest BCUT2D eigenvalue weighted by Gasteiger charge is -2.27. The number of benzene rings is 2. The van der Waals surface area contributed by atoms with Crippen molar-refractivity contribution in [3.63, 3.8) is 0 Å². The summed E-state index contributed by atoms with van der Waals surface area (Å²) in [7, 11) is 0. The maximum absolute atomic E-state index is 13.5. The first-order valence-electron chi connectivity index (χ1n) is 13.7. The van der Waals surface area contributed by atoms with E-state index in [2.05, 4.69) is 20.9 Å². The van der Waals surface area contributed by atoms with Crippen LogP contribution in [0.15, 0.2) is 60.8 Å². The van der Waals surface area contributed by atoms with Crippen LogP contribution in [0.4, 0.5) is 0 Å². The lowest BCUT2D eigenvalue weighted by atomic mass is 9.98. The van der Waals surface area contributed by atoms with Crippen molar-refractivity contribution < 1.29 is 29.4 Å². The van der Waals surface area contributed by atoms with Crippen LogP contribution in [0.1, 0.15) is 38.3 Å². The van der Waals surface area contributed by atoms with Crippen molar-refractivity contribution in [2.45, 2.75) is 70.3 Å². The van der Waals surface area contributed by atoms with Gasteiger partial charge in [0.2, 0.25) is 17.7 Å². The molecule has 0 fully saturated rings. The van der Waals surface area contributed by atoms with Crippen LogP contribution in [0, 0.1) is 5.92 Å². The lowest BCUT2D eigenvalue weighted by Crippen LogP contribution is -2.60. The average Bonchev–Trinajstić information content (AvgIpc) is 3.37. The number of carbonyl (C=O) groups is 4. The first-order valence-corrected chi connectivity index (χ1v) is 13.7. The van der Waals surface area contributed by atoms with Crippen LogP contribution in [-0.4, -0.2) is 69.2 Å². The number of aliphatic carboxylic acids is 1. The topological polar surface area (TPSA) is 187 Å². The van der Waals surface area contributed by atoms with E-state index < -0.39 is 54.0 Å². The molecule has 3 aromatic rings. The van der Waals surface area contributed by atoms with Crippen molar-refractivity contribution in [2.75, 3.05) is 0 Å². The van der Waals surface area contributed by atoms with Crippen LogP contribution in [0.3, 0.4) is 0 Å². The number of nitrogens with two attached hydrogens (primary N) is 1. The third-order valence-electron chi connectivity index (χ3n) is 7.25. The van der Waals surface area contributed by atoms with E-state index in [0.717, 1.165) is 10.9 Å². The Bertz CT molecular complexity index is 1340. The van der Waals surface area contributed by atoms with E-state index in [1.807, 2.05) is 31.2 Å². The number of para-hydroxylation sites is 1. The number of rotatable bonds is 14. The molecule has 0 bridgehead atoms. The summed E-state index contributed by atoms with van der Waals surface area (Å²) < 4.78 is 0. The quantitative estimate of drug-likeness (QED) is 0.153. The Kier molecular flexibility index (Phi) is 11.0. The fraction of sp³-hybridized carbons (Fsp3) is 0.400. The van der Waals surface area contributed by atoms with E-state index in [1.54, 1.807) is 43.5 Å². The SMILES string of the molecule is CCC(C)C(N)C(=O)NC(C(=O)NC(Cc1ccccc1)C(=O)NC(Cc1c[nH]c2ccccc12)C(=O)O)C(C)O. The van der Waals surface area contributed by atoms with Crippen LogP contribution in [0.25, 0.3) is 10.9 Å². The van der Waals surface area contributed by atoms with Crippen molar-refractivity contribution in [1.29, 1.82) is 0 Å². The molecule has 3 rings (SSSR count). The van der Waals surface area contributed by atoms with Gasteiger partial charge < -0.3 is 36.9 Å². The van der Waals surface area contributed by atoms with Gasteiger partial charge in [-0.15, -0.1) is 0 Å². The standard InChI is InChI=1S/C30H39N5O6/c1-4-17(2)25(31)28(38)35-26(18(3)36)29(39)33-23(14-19-10-6-5-7-11-19)27(37)34-24(30(40)41)15-20-16-32-22-13-9-8-12-21(20)22/h5-13,16-18,23-26,32,36H,4,14-15,31H2,1-3H3,(H,33,39)(H,34,37)(H,35,38)(H,40,41). The number of fused-ring (bicyclic) bond motifs is 1. The molecule has 6 atom stereocenters. The van der Waals surface area contributed by atoms with Gasteiger partial charge in [0.15, 0.2) is 0 Å². The maximum Gasteiger partial charge on any atom is 0.326 e. The average molecular weight is 566 g/mol. The minimum atomic E-state index is -1.38. The number of amides is 3. The number of carbonyl (C=O) groups excluding carboxylic acids is 3. The molecule has 2 aromatic carbocycles. The summed E-state index contributed by atoms with van der Waals surface area (Å²) in [6.07, 6.45) is 1.11. The number of carboxylic acid groups (broad SMARTS) is 1. The highest BCUT2D eigenvalue weighted by Crippen LogP contribution is 2.19. The predicted molar refractivity (Wildman–Crippen MR) is 155 cm³/mol. The zero-order valence-electron chi connectivity index (χ0n) is 23.5. The fourth-order valence-corrected chi connectivity index (χ4v) is 4.48. The normalized spacial score (nSPS) is 15.6. The summed E-state index contributed by atoms with van der Waals surface area (Å²) in [6, 6.07) is 11.6. The number of hydrogen-bond acceptors (Lipinski definition) is 6. The van der Waals surface area contributed by atoms with Crippen LogP contribution in [0.2, 0.25) is 0 Å². The number of H-pyrrole nitrogens is 1. The molecular weight excluding hydrogens is 526 g/mol. The highest BCUT2D eigenvalue weighted by atomic mass is 16.4. The van der Waals surface area contributed by atoms with E-state index in [-0.39, 0.29) is 18.8 Å². The van der Waals surface area contributed by atoms with Crippen molar-refractivity contribution in [3.8, 4) is 0 Å². The first kappa shape index (κ1) is 31.3. The maximum atomic E-state index is 13.5. The Morgan fingerprint density at radius 3 is 2.12 bits per heavy atom. The molecule has 11 nitrogen and oxygen atoms in total. The number of hydrogen-bond donors (Lipinski definition) is 7. The Hall–Kier alpha value is -4.22. The van der Waals surface area contributed by atoms with Gasteiger partial charge in [0, 0.05) is 29.9 Å². The number of nitrogens with one attached hydrogen (secondary N) is 4. The van der Waals surface area contributed by atoms with Gasteiger partial charge in [0.1, 0.15) is 18.1 Å². The first-order chi connectivity index (χ1) is 19.5. The summed E-state index contributed by atoms with van der Waals surface area (Å²) in [6.45, 7) is 5.02. The second-order valence-corrected chi connectivity index (χ2v) is 10.4. The molecule has 41 heavy (non-hydrogen) atoms. The smallest absolute Gasteiger partial charge is 0.326 e. The van der Waals surface area contributed by atoms with Gasteiger partial charge in [-0.2, -0.15) is 0 Å². The van der Waals surface area contributed by atoms with Crippen molar-refractivity contribution in [3.05, 3.63) is 71.9 Å². The zero-order chi connectivity index (χ0) is 30.1. The third kappa shape index (κ3) is 8.38. The van der Waals surface area contributed by atoms with Gasteiger partial charge in [-0.25, -0.2) is 4.79 Å². The number of aromatic nitrogens is 1. The molecule has 1 aromatic heterocycles. The number of aromatic amines is 1. The van der Waals surface area contributed by atoms with E-state index in [0.29, 0.717) is 17.5 Å². The van der Waals surface area contributed by atoms with E-state index >= 15 is 0 Å². The van der Waals surface area contributed by atoms with E-state index in [1.165, 1.54) is 6.92 Å². The second-order valence-electron chi connectivity index (χ2n) is 10.4. The van der Waals surface area contributed by atoms with Crippen molar-refractivity contribution in [2.24, 2.45) is 11.7 Å². The zero-order valence-corrected chi connectivity index (χ0v) is 23.5. The molecule has 6 unspecified atom stereocenters. The summed E-state index contributed by atoms with van der Waals surface area (Å²) in [5, 5.41) is 28.7. The van der Waals surface area contributed by atoms with Gasteiger partial charge in [0.25, 0.3) is 0 Å². The molecule has 11 heteroatoms. The predicted octanol–water partition coefficient (Wildman–Crippen LogP) is 1.25. The van der Waals surface area contributed by atoms with Gasteiger partial charge >= 0.3 is 5.97 Å². The third-order valence-corrected chi connectivity index (χ3v) is 7.25. The molecule has 220 valence electrons. The summed E-state index contributed by atoms with van der Waals surface area (Å²) >= 11 is 0. The Morgan fingerprint density at radius 1 is 0.854 bits per heavy atom. The molecule has 0 aliphatic heterocycles. The summed E-state index contributed by atoms with van der Waals surface area (Å²) in [5.74, 6) is -3.52. The number of carboxylic acids is 1. The largest absolute Gasteiger partial charge is 0.480 e. The monoisotopic (exact) mass is 565 g/mol. The molecule has 0 spiro atoms. The lowest BCUT2D eigenvalue weighted by molar-refractivity contribution is -0.142. The molecule has 0 saturated heterocycles. The van der Waals surface area contributed by atoms with Gasteiger partial charge in [-0.3, -0.25) is 14.4 Å². The number of aliphatic hydroxyl groups is 1. The Labute approximate surface area is 238 Å². The Morgan fingerprint density at radius 2 is 1.49 bits per heavy atom. The fourth-order valence-electron chi connectivity index (χ4n) is 4.48. The van der Waals surface area contributed by atoms with Crippen LogP contribution in [-0.2, 0) is 32.0 Å². The van der Waals surface area contributed by atoms with Gasteiger partial charge in [-0.1, -0.05) is 68.8 Å². The van der Waals surface area contributed by atoms with Crippen molar-refractivity contribution >= 4 is 34.6 Å². The van der Waals surface area contributed by atoms with Crippen LogP contribution in [0.5, 0.6) is 0 Å². The molecule has 0 radical (unpaired) electrons. The molecule has 1 heterocycles. The van der Waals surface area contributed by atoms with Crippen LogP contribution < -0.4 is 21.7 Å². The van der Waals surface area contributed by atoms with E-state index in [9.17, 15) is 29.4 Å². The molecule has 8 N–H and O–H groups in total. The summed E-state index contributed by atoms with van der Waals surface area (Å²) in [5.41, 5.74) is 8.27. The van der Waals surface area contributed by atoms with Crippen LogP contribution >= 0.6 is 0 Å². The van der Waals surface area contributed by atoms with E-state index in [4.69, 9.17) is 5.73 Å². The minimum absolute atomic E-state index is 0.0109. The highest BCUT2D eigenvalue weighted by molar-refractivity contribution is 5.95. The molecule has 0 aliphatic carbocycles. The van der Waals surface area contributed by atoms with Gasteiger partial charge in [0.05, 0.1) is 12.1 Å². The Balaban J connectivity index is 1.80. The molecule has 0 aliphatic rings.